The number of amides is 1. The monoisotopic (exact) mass is 428 g/mol. The van der Waals surface area contributed by atoms with E-state index in [-0.39, 0.29) is 15.5 Å². The maximum Gasteiger partial charge on any atom is 0.270 e. The summed E-state index contributed by atoms with van der Waals surface area (Å²) in [5.74, 6) is -1.04. The summed E-state index contributed by atoms with van der Waals surface area (Å²) in [6, 6.07) is 13.5. The molecule has 0 aliphatic carbocycles. The standard InChI is InChI=1S/C22H21FN2O4S/c1-14-9-10-17(12-19(14)23)24-20(26)13-25-16(3)11-15(2)21(22(25)27)30(28,29)18-7-5-4-6-8-18/h4-12H,13H2,1-3H3,(H,24,26). The molecule has 0 aliphatic heterocycles. The first kappa shape index (κ1) is 21.4. The predicted molar refractivity (Wildman–Crippen MR) is 112 cm³/mol. The molecule has 30 heavy (non-hydrogen) atoms. The van der Waals surface area contributed by atoms with Crippen LogP contribution in [-0.4, -0.2) is 18.9 Å². The number of aryl methyl sites for hydroxylation is 3. The first-order valence-corrected chi connectivity index (χ1v) is 10.7. The molecule has 1 aromatic heterocycles. The van der Waals surface area contributed by atoms with E-state index in [1.807, 2.05) is 0 Å². The van der Waals surface area contributed by atoms with Crippen LogP contribution >= 0.6 is 0 Å². The van der Waals surface area contributed by atoms with Crippen LogP contribution in [0.15, 0.2) is 69.2 Å². The summed E-state index contributed by atoms with van der Waals surface area (Å²) in [5, 5.41) is 2.53. The maximum atomic E-state index is 13.7. The number of carbonyl (C=O) groups excluding carboxylic acids is 1. The van der Waals surface area contributed by atoms with Gasteiger partial charge in [0.15, 0.2) is 0 Å². The molecule has 6 nitrogen and oxygen atoms in total. The third-order valence-corrected chi connectivity index (χ3v) is 6.66. The Morgan fingerprint density at radius 3 is 2.30 bits per heavy atom. The third kappa shape index (κ3) is 4.18. The smallest absolute Gasteiger partial charge is 0.270 e. The molecular weight excluding hydrogens is 407 g/mol. The van der Waals surface area contributed by atoms with Gasteiger partial charge in [0.05, 0.1) is 4.90 Å². The molecule has 0 saturated carbocycles. The number of pyridine rings is 1. The summed E-state index contributed by atoms with van der Waals surface area (Å²) in [4.78, 5) is 25.1. The van der Waals surface area contributed by atoms with Crippen molar-refractivity contribution in [3.8, 4) is 0 Å². The predicted octanol–water partition coefficient (Wildman–Crippen LogP) is 3.38. The van der Waals surface area contributed by atoms with E-state index in [1.54, 1.807) is 51.1 Å². The lowest BCUT2D eigenvalue weighted by Crippen LogP contribution is -2.33. The van der Waals surface area contributed by atoms with Crippen molar-refractivity contribution in [2.45, 2.75) is 37.1 Å². The van der Waals surface area contributed by atoms with E-state index in [0.29, 0.717) is 16.8 Å². The number of anilines is 1. The van der Waals surface area contributed by atoms with Gasteiger partial charge in [0.2, 0.25) is 15.7 Å². The van der Waals surface area contributed by atoms with E-state index >= 15 is 0 Å². The van der Waals surface area contributed by atoms with Gasteiger partial charge in [-0.3, -0.25) is 9.59 Å². The largest absolute Gasteiger partial charge is 0.324 e. The van der Waals surface area contributed by atoms with E-state index in [2.05, 4.69) is 5.32 Å². The first-order chi connectivity index (χ1) is 14.1. The Hall–Kier alpha value is -3.26. The van der Waals surface area contributed by atoms with Crippen molar-refractivity contribution in [3.05, 3.63) is 87.6 Å². The van der Waals surface area contributed by atoms with Crippen LogP contribution in [0.5, 0.6) is 0 Å². The van der Waals surface area contributed by atoms with Crippen molar-refractivity contribution in [2.75, 3.05) is 5.32 Å². The van der Waals surface area contributed by atoms with Crippen molar-refractivity contribution < 1.29 is 17.6 Å². The van der Waals surface area contributed by atoms with Gasteiger partial charge in [-0.15, -0.1) is 0 Å². The molecule has 0 spiro atoms. The van der Waals surface area contributed by atoms with Gasteiger partial charge in [0.25, 0.3) is 5.56 Å². The number of halogens is 1. The second-order valence-corrected chi connectivity index (χ2v) is 8.90. The molecule has 0 bridgehead atoms. The Kier molecular flexibility index (Phi) is 5.89. The first-order valence-electron chi connectivity index (χ1n) is 9.18. The number of nitrogens with zero attached hydrogens (tertiary/aromatic N) is 1. The van der Waals surface area contributed by atoms with E-state index in [9.17, 15) is 22.4 Å². The van der Waals surface area contributed by atoms with Crippen molar-refractivity contribution in [2.24, 2.45) is 0 Å². The lowest BCUT2D eigenvalue weighted by molar-refractivity contribution is -0.116. The Morgan fingerprint density at radius 1 is 1.00 bits per heavy atom. The summed E-state index contributed by atoms with van der Waals surface area (Å²) in [6.07, 6.45) is 0. The van der Waals surface area contributed by atoms with Gasteiger partial charge in [-0.2, -0.15) is 0 Å². The second kappa shape index (κ2) is 8.23. The van der Waals surface area contributed by atoms with Crippen LogP contribution in [0.1, 0.15) is 16.8 Å². The van der Waals surface area contributed by atoms with Crippen molar-refractivity contribution in [1.82, 2.24) is 4.57 Å². The van der Waals surface area contributed by atoms with E-state index in [0.717, 1.165) is 4.57 Å². The van der Waals surface area contributed by atoms with Crippen LogP contribution in [0.3, 0.4) is 0 Å². The van der Waals surface area contributed by atoms with Gasteiger partial charge in [-0.05, 0) is 62.2 Å². The summed E-state index contributed by atoms with van der Waals surface area (Å²) in [6.45, 7) is 4.36. The number of carbonyl (C=O) groups is 1. The minimum atomic E-state index is -4.06. The summed E-state index contributed by atoms with van der Waals surface area (Å²) in [5.41, 5.74) is 0.655. The quantitative estimate of drug-likeness (QED) is 0.675. The molecular formula is C22H21FN2O4S. The van der Waals surface area contributed by atoms with Crippen molar-refractivity contribution >= 4 is 21.4 Å². The van der Waals surface area contributed by atoms with Gasteiger partial charge >= 0.3 is 0 Å². The normalized spacial score (nSPS) is 11.3. The zero-order chi connectivity index (χ0) is 22.1. The van der Waals surface area contributed by atoms with Gasteiger partial charge < -0.3 is 9.88 Å². The molecule has 0 radical (unpaired) electrons. The summed E-state index contributed by atoms with van der Waals surface area (Å²) < 4.78 is 40.9. The average Bonchev–Trinajstić information content (AvgIpc) is 2.68. The van der Waals surface area contributed by atoms with Crippen molar-refractivity contribution in [3.63, 3.8) is 0 Å². The molecule has 0 saturated heterocycles. The fourth-order valence-electron chi connectivity index (χ4n) is 3.16. The zero-order valence-electron chi connectivity index (χ0n) is 16.8. The number of rotatable bonds is 5. The molecule has 0 aliphatic rings. The highest BCUT2D eigenvalue weighted by atomic mass is 32.2. The Labute approximate surface area is 173 Å². The molecule has 1 heterocycles. The summed E-state index contributed by atoms with van der Waals surface area (Å²) in [7, 11) is -4.06. The Bertz CT molecular complexity index is 1280. The van der Waals surface area contributed by atoms with Gasteiger partial charge in [0, 0.05) is 11.4 Å². The third-order valence-electron chi connectivity index (χ3n) is 4.73. The number of nitrogens with one attached hydrogen (secondary N) is 1. The van der Waals surface area contributed by atoms with E-state index < -0.39 is 33.7 Å². The molecule has 2 aromatic carbocycles. The van der Waals surface area contributed by atoms with Gasteiger partial charge in [0.1, 0.15) is 17.3 Å². The van der Waals surface area contributed by atoms with Crippen LogP contribution in [0, 0.1) is 26.6 Å². The topological polar surface area (TPSA) is 85.2 Å². The van der Waals surface area contributed by atoms with Crippen LogP contribution in [0.4, 0.5) is 10.1 Å². The maximum absolute atomic E-state index is 13.7. The van der Waals surface area contributed by atoms with Crippen molar-refractivity contribution in [1.29, 1.82) is 0 Å². The number of sulfone groups is 1. The molecule has 3 rings (SSSR count). The van der Waals surface area contributed by atoms with Crippen LogP contribution in [0.25, 0.3) is 0 Å². The number of aromatic nitrogens is 1. The highest BCUT2D eigenvalue weighted by Crippen LogP contribution is 2.21. The zero-order valence-corrected chi connectivity index (χ0v) is 17.6. The molecule has 1 N–H and O–H groups in total. The fraction of sp³-hybridized carbons (Fsp3) is 0.182. The lowest BCUT2D eigenvalue weighted by atomic mass is 10.2. The minimum Gasteiger partial charge on any atom is -0.324 e. The number of hydrogen-bond acceptors (Lipinski definition) is 4. The summed E-state index contributed by atoms with van der Waals surface area (Å²) >= 11 is 0. The van der Waals surface area contributed by atoms with Gasteiger partial charge in [-0.25, -0.2) is 12.8 Å². The fourth-order valence-corrected chi connectivity index (χ4v) is 4.74. The molecule has 156 valence electrons. The number of benzene rings is 2. The second-order valence-electron chi connectivity index (χ2n) is 7.02. The minimum absolute atomic E-state index is 0.000171. The molecule has 8 heteroatoms. The number of hydrogen-bond donors (Lipinski definition) is 1. The molecule has 1 amide bonds. The molecule has 0 fully saturated rings. The molecule has 3 aromatic rings. The highest BCUT2D eigenvalue weighted by molar-refractivity contribution is 7.91. The highest BCUT2D eigenvalue weighted by Gasteiger charge is 2.26. The van der Waals surface area contributed by atoms with Crippen LogP contribution < -0.4 is 10.9 Å². The average molecular weight is 428 g/mol. The van der Waals surface area contributed by atoms with E-state index in [4.69, 9.17) is 0 Å². The SMILES string of the molecule is Cc1ccc(NC(=O)Cn2c(C)cc(C)c(S(=O)(=O)c3ccccc3)c2=O)cc1F. The molecule has 0 unspecified atom stereocenters. The van der Waals surface area contributed by atoms with Crippen LogP contribution in [0.2, 0.25) is 0 Å². The molecule has 0 atom stereocenters. The lowest BCUT2D eigenvalue weighted by Gasteiger charge is -2.15. The van der Waals surface area contributed by atoms with Gasteiger partial charge in [-0.1, -0.05) is 24.3 Å². The van der Waals surface area contributed by atoms with E-state index in [1.165, 1.54) is 24.3 Å². The Balaban J connectivity index is 1.98. The van der Waals surface area contributed by atoms with Crippen LogP contribution in [-0.2, 0) is 21.2 Å². The Morgan fingerprint density at radius 2 is 1.67 bits per heavy atom.